The molecule has 2 aromatic carbocycles. The minimum atomic E-state index is -2.88. The summed E-state index contributed by atoms with van der Waals surface area (Å²) in [5, 5.41) is 11.4. The largest absolute Gasteiger partial charge is 0.394 e. The normalized spacial score (nSPS) is 25.0. The van der Waals surface area contributed by atoms with E-state index in [2.05, 4.69) is 0 Å². The Kier molecular flexibility index (Phi) is 5.31. The first kappa shape index (κ1) is 18.0. The van der Waals surface area contributed by atoms with Crippen molar-refractivity contribution in [2.75, 3.05) is 6.61 Å². The molecule has 1 N–H and O–H groups in total. The van der Waals surface area contributed by atoms with Gasteiger partial charge in [-0.05, 0) is 18.8 Å². The zero-order valence-electron chi connectivity index (χ0n) is 15.0. The molecule has 2 fully saturated rings. The van der Waals surface area contributed by atoms with Gasteiger partial charge in [-0.2, -0.15) is 0 Å². The Balaban J connectivity index is 1.83. The van der Waals surface area contributed by atoms with Crippen LogP contribution < -0.4 is 10.6 Å². The zero-order valence-corrected chi connectivity index (χ0v) is 15.9. The van der Waals surface area contributed by atoms with E-state index in [0.29, 0.717) is 5.92 Å². The minimum Gasteiger partial charge on any atom is -0.394 e. The lowest BCUT2D eigenvalue weighted by molar-refractivity contribution is 0.239. The second-order valence-corrected chi connectivity index (χ2v) is 10.5. The van der Waals surface area contributed by atoms with Crippen molar-refractivity contribution >= 4 is 17.8 Å². The standard InChI is InChI=1S/C22H27O3P/c23-16-20-21(25-20)22(17-10-4-1-5-11-17)26(24,18-12-6-2-7-13-18)19-14-8-3-9-15-19/h2-3,6-9,12-15,17,20-23H,1,4-5,10-11,16H2/t20-,21+,22+/m0/s1. The molecule has 0 amide bonds. The summed E-state index contributed by atoms with van der Waals surface area (Å²) in [7, 11) is -2.88. The summed E-state index contributed by atoms with van der Waals surface area (Å²) in [4.78, 5) is 0. The average Bonchev–Trinajstić information content (AvgIpc) is 3.49. The van der Waals surface area contributed by atoms with Crippen molar-refractivity contribution in [2.24, 2.45) is 5.92 Å². The predicted octanol–water partition coefficient (Wildman–Crippen LogP) is 3.71. The molecule has 0 aromatic heterocycles. The van der Waals surface area contributed by atoms with Gasteiger partial charge in [-0.15, -0.1) is 0 Å². The molecular formula is C22H27O3P. The van der Waals surface area contributed by atoms with Crippen LogP contribution >= 0.6 is 7.14 Å². The molecule has 3 nitrogen and oxygen atoms in total. The molecule has 1 saturated heterocycles. The minimum absolute atomic E-state index is 0.0114. The fraction of sp³-hybridized carbons (Fsp3) is 0.455. The molecule has 1 saturated carbocycles. The van der Waals surface area contributed by atoms with Gasteiger partial charge in [0.15, 0.2) is 0 Å². The van der Waals surface area contributed by atoms with Crippen LogP contribution in [-0.2, 0) is 9.30 Å². The van der Waals surface area contributed by atoms with Crippen molar-refractivity contribution in [1.82, 2.24) is 0 Å². The van der Waals surface area contributed by atoms with E-state index >= 15 is 0 Å². The topological polar surface area (TPSA) is 49.8 Å². The molecule has 0 spiro atoms. The summed E-state index contributed by atoms with van der Waals surface area (Å²) in [5.74, 6) is 0.386. The number of ether oxygens (including phenoxy) is 1. The average molecular weight is 370 g/mol. The third-order valence-corrected chi connectivity index (χ3v) is 9.66. The monoisotopic (exact) mass is 370 g/mol. The number of hydrogen-bond donors (Lipinski definition) is 1. The molecule has 2 aromatic rings. The number of epoxide rings is 1. The van der Waals surface area contributed by atoms with Crippen LogP contribution in [0.1, 0.15) is 32.1 Å². The quantitative estimate of drug-likeness (QED) is 0.623. The highest BCUT2D eigenvalue weighted by Crippen LogP contribution is 2.58. The van der Waals surface area contributed by atoms with Gasteiger partial charge < -0.3 is 14.4 Å². The molecule has 1 aliphatic carbocycles. The SMILES string of the molecule is O=P(c1ccccc1)(c1ccccc1)[C@H](C1CCCCC1)[C@@H]1O[C@H]1CO. The second kappa shape index (κ2) is 7.68. The highest BCUT2D eigenvalue weighted by molar-refractivity contribution is 7.79. The van der Waals surface area contributed by atoms with E-state index in [4.69, 9.17) is 4.74 Å². The lowest BCUT2D eigenvalue weighted by Gasteiger charge is -2.36. The van der Waals surface area contributed by atoms with Gasteiger partial charge in [0.05, 0.1) is 18.4 Å². The van der Waals surface area contributed by atoms with Crippen molar-refractivity contribution in [3.05, 3.63) is 60.7 Å². The van der Waals surface area contributed by atoms with Gasteiger partial charge in [0.2, 0.25) is 0 Å². The molecule has 0 bridgehead atoms. The number of aliphatic hydroxyl groups is 1. The fourth-order valence-corrected chi connectivity index (χ4v) is 8.43. The van der Waals surface area contributed by atoms with Crippen LogP contribution in [0.2, 0.25) is 0 Å². The summed E-state index contributed by atoms with van der Waals surface area (Å²) in [5.41, 5.74) is -0.0512. The zero-order chi connectivity index (χ0) is 18.0. The van der Waals surface area contributed by atoms with Crippen LogP contribution in [0.5, 0.6) is 0 Å². The molecule has 0 unspecified atom stereocenters. The maximum atomic E-state index is 14.8. The molecule has 0 radical (unpaired) electrons. The van der Waals surface area contributed by atoms with E-state index in [1.165, 1.54) is 19.3 Å². The molecule has 3 atom stereocenters. The summed E-state index contributed by atoms with van der Waals surface area (Å²) in [6, 6.07) is 19.8. The second-order valence-electron chi connectivity index (χ2n) is 7.54. The van der Waals surface area contributed by atoms with Crippen molar-refractivity contribution < 1.29 is 14.4 Å². The van der Waals surface area contributed by atoms with E-state index in [9.17, 15) is 9.67 Å². The first-order valence-corrected chi connectivity index (χ1v) is 11.5. The Bertz CT molecular complexity index is 712. The van der Waals surface area contributed by atoms with Crippen molar-refractivity contribution in [2.45, 2.75) is 50.0 Å². The van der Waals surface area contributed by atoms with Crippen molar-refractivity contribution in [1.29, 1.82) is 0 Å². The molecule has 26 heavy (non-hydrogen) atoms. The van der Waals surface area contributed by atoms with Crippen LogP contribution in [-0.4, -0.2) is 29.6 Å². The number of rotatable bonds is 6. The van der Waals surface area contributed by atoms with E-state index < -0.39 is 7.14 Å². The van der Waals surface area contributed by atoms with Crippen LogP contribution in [0, 0.1) is 5.92 Å². The van der Waals surface area contributed by atoms with Crippen LogP contribution in [0.15, 0.2) is 60.7 Å². The summed E-state index contributed by atoms with van der Waals surface area (Å²) >= 11 is 0. The molecule has 1 heterocycles. The van der Waals surface area contributed by atoms with Crippen molar-refractivity contribution in [3.63, 3.8) is 0 Å². The van der Waals surface area contributed by atoms with Gasteiger partial charge in [0.1, 0.15) is 13.2 Å². The number of hydrogen-bond acceptors (Lipinski definition) is 3. The van der Waals surface area contributed by atoms with E-state index in [-0.39, 0.29) is 24.5 Å². The Labute approximate surface area is 155 Å². The van der Waals surface area contributed by atoms with Gasteiger partial charge in [-0.1, -0.05) is 79.9 Å². The lowest BCUT2D eigenvalue weighted by Crippen LogP contribution is -2.37. The van der Waals surface area contributed by atoms with Gasteiger partial charge in [-0.3, -0.25) is 0 Å². The van der Waals surface area contributed by atoms with Gasteiger partial charge >= 0.3 is 0 Å². The first-order chi connectivity index (χ1) is 12.7. The molecule has 1 aliphatic heterocycles. The maximum absolute atomic E-state index is 14.8. The van der Waals surface area contributed by atoms with Crippen LogP contribution in [0.4, 0.5) is 0 Å². The third-order valence-electron chi connectivity index (χ3n) is 5.97. The first-order valence-electron chi connectivity index (χ1n) is 9.72. The van der Waals surface area contributed by atoms with E-state index in [1.807, 2.05) is 60.7 Å². The van der Waals surface area contributed by atoms with Gasteiger partial charge in [0.25, 0.3) is 0 Å². The van der Waals surface area contributed by atoms with Crippen LogP contribution in [0.25, 0.3) is 0 Å². The van der Waals surface area contributed by atoms with Crippen LogP contribution in [0.3, 0.4) is 0 Å². The predicted molar refractivity (Wildman–Crippen MR) is 106 cm³/mol. The molecular weight excluding hydrogens is 343 g/mol. The third kappa shape index (κ3) is 3.29. The molecule has 138 valence electrons. The summed E-state index contributed by atoms with van der Waals surface area (Å²) < 4.78 is 20.6. The molecule has 4 rings (SSSR count). The lowest BCUT2D eigenvalue weighted by atomic mass is 9.85. The highest BCUT2D eigenvalue weighted by atomic mass is 31.2. The summed E-state index contributed by atoms with van der Waals surface area (Å²) in [6.45, 7) is 0.0114. The van der Waals surface area contributed by atoms with Gasteiger partial charge in [-0.25, -0.2) is 0 Å². The van der Waals surface area contributed by atoms with Crippen molar-refractivity contribution in [3.8, 4) is 0 Å². The highest BCUT2D eigenvalue weighted by Gasteiger charge is 2.55. The molecule has 2 aliphatic rings. The Morgan fingerprint density at radius 3 is 1.92 bits per heavy atom. The number of aliphatic hydroxyl groups excluding tert-OH is 1. The van der Waals surface area contributed by atoms with E-state index in [0.717, 1.165) is 23.5 Å². The van der Waals surface area contributed by atoms with Gasteiger partial charge in [0, 0.05) is 10.6 Å². The molecule has 4 heteroatoms. The summed E-state index contributed by atoms with van der Waals surface area (Å²) in [6.07, 6.45) is 5.59. The Morgan fingerprint density at radius 2 is 1.46 bits per heavy atom. The Morgan fingerprint density at radius 1 is 0.923 bits per heavy atom. The fourth-order valence-electron chi connectivity index (χ4n) is 4.64. The smallest absolute Gasteiger partial charge is 0.149 e. The van der Waals surface area contributed by atoms with E-state index in [1.54, 1.807) is 0 Å². The number of benzene rings is 2. The maximum Gasteiger partial charge on any atom is 0.149 e. The Hall–Kier alpha value is -1.41.